The maximum absolute atomic E-state index is 13.9. The SMILES string of the molecule is CN1C(=O)CCc2cc(-c3ccc(Cl)cc3-c3csc(N(C(=O)C(CC(=O)O)CC4CCOCC4)C4CC4)n3)cnc21. The fourth-order valence-electron chi connectivity index (χ4n) is 5.97. The van der Waals surface area contributed by atoms with Gasteiger partial charge in [0.25, 0.3) is 0 Å². The summed E-state index contributed by atoms with van der Waals surface area (Å²) in [7, 11) is 1.75. The highest BCUT2D eigenvalue weighted by molar-refractivity contribution is 7.14. The van der Waals surface area contributed by atoms with Crippen molar-refractivity contribution in [2.75, 3.05) is 30.1 Å². The Kier molecular flexibility index (Phi) is 8.29. The zero-order chi connectivity index (χ0) is 29.4. The van der Waals surface area contributed by atoms with E-state index in [9.17, 15) is 19.5 Å². The molecule has 2 aliphatic heterocycles. The number of aromatic nitrogens is 2. The maximum Gasteiger partial charge on any atom is 0.304 e. The summed E-state index contributed by atoms with van der Waals surface area (Å²) in [4.78, 5) is 50.8. The van der Waals surface area contributed by atoms with Crippen molar-refractivity contribution in [1.82, 2.24) is 9.97 Å². The summed E-state index contributed by atoms with van der Waals surface area (Å²) in [6.45, 7) is 1.30. The van der Waals surface area contributed by atoms with Crippen molar-refractivity contribution in [2.24, 2.45) is 11.8 Å². The molecular weight excluding hydrogens is 576 g/mol. The van der Waals surface area contributed by atoms with Gasteiger partial charge in [-0.2, -0.15) is 0 Å². The zero-order valence-electron chi connectivity index (χ0n) is 23.4. The number of pyridine rings is 1. The molecule has 0 radical (unpaired) electrons. The Hall–Kier alpha value is -3.34. The van der Waals surface area contributed by atoms with E-state index in [1.54, 1.807) is 23.0 Å². The number of benzene rings is 1. The molecule has 3 aromatic rings. The van der Waals surface area contributed by atoms with Gasteiger partial charge in [-0.1, -0.05) is 17.7 Å². The Bertz CT molecular complexity index is 1520. The first-order chi connectivity index (χ1) is 20.3. The van der Waals surface area contributed by atoms with Crippen molar-refractivity contribution < 1.29 is 24.2 Å². The lowest BCUT2D eigenvalue weighted by Gasteiger charge is -2.29. The first-order valence-electron chi connectivity index (χ1n) is 14.4. The molecule has 1 aliphatic carbocycles. The monoisotopic (exact) mass is 608 g/mol. The lowest BCUT2D eigenvalue weighted by Crippen LogP contribution is -2.40. The number of aliphatic carboxylic acids is 1. The molecule has 1 saturated carbocycles. The second-order valence-corrected chi connectivity index (χ2v) is 12.7. The molecule has 6 rings (SSSR count). The number of thiazole rings is 1. The Balaban J connectivity index is 1.31. The van der Waals surface area contributed by atoms with Crippen LogP contribution in [0.3, 0.4) is 0 Å². The molecule has 1 aromatic carbocycles. The van der Waals surface area contributed by atoms with Gasteiger partial charge in [-0.15, -0.1) is 11.3 Å². The van der Waals surface area contributed by atoms with E-state index in [-0.39, 0.29) is 30.2 Å². The van der Waals surface area contributed by atoms with E-state index in [0.717, 1.165) is 47.9 Å². The van der Waals surface area contributed by atoms with Crippen molar-refractivity contribution in [2.45, 2.75) is 57.4 Å². The Morgan fingerprint density at radius 3 is 2.69 bits per heavy atom. The standard InChI is InChI=1S/C31H33ClN4O5S/c1-35-27(37)7-2-19-13-21(16-33-29(19)35)24-6-3-22(32)15-25(24)26-17-42-31(34-26)36(23-4-5-23)30(40)20(14-28(38)39)12-18-8-10-41-11-9-18/h3,6,13,15-18,20,23H,2,4-5,7-12,14H2,1H3,(H,38,39). The van der Waals surface area contributed by atoms with Crippen molar-refractivity contribution in [3.8, 4) is 22.4 Å². The molecule has 1 N–H and O–H groups in total. The van der Waals surface area contributed by atoms with Crippen LogP contribution in [0.1, 0.15) is 50.5 Å². The van der Waals surface area contributed by atoms with Gasteiger partial charge in [-0.05, 0) is 73.8 Å². The second-order valence-electron chi connectivity index (χ2n) is 11.4. The number of rotatable bonds is 9. The number of anilines is 2. The van der Waals surface area contributed by atoms with Gasteiger partial charge >= 0.3 is 5.97 Å². The van der Waals surface area contributed by atoms with Crippen molar-refractivity contribution in [1.29, 1.82) is 0 Å². The van der Waals surface area contributed by atoms with E-state index >= 15 is 0 Å². The van der Waals surface area contributed by atoms with E-state index in [1.807, 2.05) is 23.6 Å². The number of carboxylic acids is 1. The number of carboxylic acid groups (broad SMARTS) is 1. The van der Waals surface area contributed by atoms with Crippen LogP contribution in [0.5, 0.6) is 0 Å². The lowest BCUT2D eigenvalue weighted by molar-refractivity contribution is -0.141. The summed E-state index contributed by atoms with van der Waals surface area (Å²) in [6, 6.07) is 7.74. The number of hydrogen-bond acceptors (Lipinski definition) is 7. The van der Waals surface area contributed by atoms with Crippen molar-refractivity contribution in [3.05, 3.63) is 46.4 Å². The molecule has 2 amide bonds. The minimum atomic E-state index is -0.964. The van der Waals surface area contributed by atoms with E-state index in [0.29, 0.717) is 54.1 Å². The predicted molar refractivity (Wildman–Crippen MR) is 162 cm³/mol. The zero-order valence-corrected chi connectivity index (χ0v) is 25.0. The van der Waals surface area contributed by atoms with Crippen LogP contribution >= 0.6 is 22.9 Å². The molecule has 0 spiro atoms. The Labute approximate surface area is 253 Å². The lowest BCUT2D eigenvalue weighted by atomic mass is 9.86. The van der Waals surface area contributed by atoms with Crippen LogP contribution in [0.25, 0.3) is 22.4 Å². The highest BCUT2D eigenvalue weighted by atomic mass is 35.5. The van der Waals surface area contributed by atoms with E-state index in [4.69, 9.17) is 21.3 Å². The Morgan fingerprint density at radius 1 is 1.17 bits per heavy atom. The summed E-state index contributed by atoms with van der Waals surface area (Å²) in [6.07, 6.45) is 6.62. The van der Waals surface area contributed by atoms with Gasteiger partial charge in [0.2, 0.25) is 11.8 Å². The third kappa shape index (κ3) is 6.07. The molecule has 11 heteroatoms. The van der Waals surface area contributed by atoms with Gasteiger partial charge in [0.15, 0.2) is 5.13 Å². The quantitative estimate of drug-likeness (QED) is 0.325. The van der Waals surface area contributed by atoms with E-state index < -0.39 is 11.9 Å². The predicted octanol–water partition coefficient (Wildman–Crippen LogP) is 5.84. The van der Waals surface area contributed by atoms with Gasteiger partial charge in [-0.3, -0.25) is 24.2 Å². The van der Waals surface area contributed by atoms with Crippen LogP contribution in [0, 0.1) is 11.8 Å². The summed E-state index contributed by atoms with van der Waals surface area (Å²) in [5.41, 5.74) is 4.31. The van der Waals surface area contributed by atoms with Crippen LogP contribution < -0.4 is 9.80 Å². The molecule has 2 fully saturated rings. The minimum Gasteiger partial charge on any atom is -0.481 e. The third-order valence-corrected chi connectivity index (χ3v) is 9.46. The highest BCUT2D eigenvalue weighted by Crippen LogP contribution is 2.41. The molecular formula is C31H33ClN4O5S. The molecule has 9 nitrogen and oxygen atoms in total. The fourth-order valence-corrected chi connectivity index (χ4v) is 7.04. The van der Waals surface area contributed by atoms with Gasteiger partial charge in [0.1, 0.15) is 5.82 Å². The average Bonchev–Trinajstić information content (AvgIpc) is 3.70. The first-order valence-corrected chi connectivity index (χ1v) is 15.7. The van der Waals surface area contributed by atoms with Gasteiger partial charge in [0.05, 0.1) is 12.1 Å². The average molecular weight is 609 g/mol. The molecule has 220 valence electrons. The van der Waals surface area contributed by atoms with Crippen molar-refractivity contribution >= 4 is 51.7 Å². The van der Waals surface area contributed by atoms with Gasteiger partial charge in [0, 0.05) is 66.4 Å². The molecule has 1 saturated heterocycles. The molecule has 1 atom stereocenters. The molecule has 42 heavy (non-hydrogen) atoms. The van der Waals surface area contributed by atoms with Gasteiger partial charge in [-0.25, -0.2) is 9.97 Å². The number of halogens is 1. The summed E-state index contributed by atoms with van der Waals surface area (Å²) < 4.78 is 5.47. The number of hydrogen-bond donors (Lipinski definition) is 1. The molecule has 3 aliphatic rings. The number of ether oxygens (including phenoxy) is 1. The van der Waals surface area contributed by atoms with Gasteiger partial charge < -0.3 is 9.84 Å². The topological polar surface area (TPSA) is 113 Å². The van der Waals surface area contributed by atoms with Crippen LogP contribution in [0.2, 0.25) is 5.02 Å². The van der Waals surface area contributed by atoms with Crippen LogP contribution in [0.4, 0.5) is 10.9 Å². The first kappa shape index (κ1) is 28.8. The number of fused-ring (bicyclic) bond motifs is 1. The van der Waals surface area contributed by atoms with Crippen molar-refractivity contribution in [3.63, 3.8) is 0 Å². The summed E-state index contributed by atoms with van der Waals surface area (Å²) in [5.74, 6) is -0.719. The smallest absolute Gasteiger partial charge is 0.304 e. The molecule has 4 heterocycles. The molecule has 1 unspecified atom stereocenters. The largest absolute Gasteiger partial charge is 0.481 e. The molecule has 2 aromatic heterocycles. The number of carbonyl (C=O) groups excluding carboxylic acids is 2. The second kappa shape index (κ2) is 12.1. The van der Waals surface area contributed by atoms with Crippen LogP contribution in [0.15, 0.2) is 35.8 Å². The number of carbonyl (C=O) groups is 3. The van der Waals surface area contributed by atoms with Crippen LogP contribution in [-0.4, -0.2) is 59.2 Å². The number of aryl methyl sites for hydroxylation is 1. The minimum absolute atomic E-state index is 0.0332. The number of nitrogens with zero attached hydrogens (tertiary/aromatic N) is 4. The normalized spacial score (nSPS) is 18.0. The fraction of sp³-hybridized carbons (Fsp3) is 0.452. The van der Waals surface area contributed by atoms with E-state index in [1.165, 1.54) is 11.3 Å². The third-order valence-electron chi connectivity index (χ3n) is 8.39. The summed E-state index contributed by atoms with van der Waals surface area (Å²) >= 11 is 7.84. The summed E-state index contributed by atoms with van der Waals surface area (Å²) in [5, 5.41) is 12.7. The molecule has 0 bridgehead atoms. The maximum atomic E-state index is 13.9. The highest BCUT2D eigenvalue weighted by Gasteiger charge is 2.40. The van der Waals surface area contributed by atoms with Crippen LogP contribution in [-0.2, 0) is 25.5 Å². The Morgan fingerprint density at radius 2 is 1.95 bits per heavy atom. The van der Waals surface area contributed by atoms with E-state index in [2.05, 4.69) is 11.1 Å². The number of amides is 2.